The fraction of sp³-hybridized carbons (Fsp3) is 0.286. The summed E-state index contributed by atoms with van der Waals surface area (Å²) in [7, 11) is 0. The Kier molecular flexibility index (Phi) is 3.46. The van der Waals surface area contributed by atoms with Gasteiger partial charge in [-0.25, -0.2) is 0 Å². The van der Waals surface area contributed by atoms with Crippen LogP contribution in [-0.4, -0.2) is 12.7 Å². The monoisotopic (exact) mass is 244 g/mol. The molecule has 4 heteroatoms. The second kappa shape index (κ2) is 5.04. The molecule has 0 N–H and O–H groups in total. The predicted octanol–water partition coefficient (Wildman–Crippen LogP) is 1.26. The molecule has 94 valence electrons. The van der Waals surface area contributed by atoms with Gasteiger partial charge in [-0.3, -0.25) is 0 Å². The largest absolute Gasteiger partial charge is 0.596 e. The van der Waals surface area contributed by atoms with Crippen molar-refractivity contribution in [3.63, 3.8) is 0 Å². The van der Waals surface area contributed by atoms with Crippen LogP contribution in [0.25, 0.3) is 10.8 Å². The molecule has 0 amide bonds. The summed E-state index contributed by atoms with van der Waals surface area (Å²) in [6, 6.07) is 8.06. The molecule has 0 aliphatic rings. The van der Waals surface area contributed by atoms with E-state index >= 15 is 0 Å². The number of ether oxygens (including phenoxy) is 1. The number of aromatic nitrogens is 1. The molecule has 1 aromatic carbocycles. The maximum Gasteiger partial charge on any atom is 0.222 e. The zero-order chi connectivity index (χ0) is 13.1. The number of rotatable bonds is 2. The number of aryl methyl sites for hydroxylation is 2. The Balaban J connectivity index is 2.60. The lowest BCUT2D eigenvalue weighted by molar-refractivity contribution is -0.687. The van der Waals surface area contributed by atoms with E-state index in [2.05, 4.69) is 11.2 Å². The summed E-state index contributed by atoms with van der Waals surface area (Å²) in [4.78, 5) is 0. The molecule has 0 unspecified atom stereocenters. The molecule has 0 aliphatic heterocycles. The van der Waals surface area contributed by atoms with Crippen molar-refractivity contribution in [3.8, 4) is 0 Å². The van der Waals surface area contributed by atoms with Crippen molar-refractivity contribution in [2.45, 2.75) is 20.8 Å². The SMILES string of the molecule is CCO/C([O-])=N/[n+]1cc(C)c2ccccc2c1C. The van der Waals surface area contributed by atoms with Crippen LogP contribution in [0.5, 0.6) is 0 Å². The predicted molar refractivity (Wildman–Crippen MR) is 68.1 cm³/mol. The fourth-order valence-electron chi connectivity index (χ4n) is 1.96. The molecule has 0 saturated heterocycles. The van der Waals surface area contributed by atoms with Gasteiger partial charge in [-0.2, -0.15) is 0 Å². The first-order chi connectivity index (χ1) is 8.63. The number of hydrogen-bond donors (Lipinski definition) is 0. The Hall–Kier alpha value is -2.10. The van der Waals surface area contributed by atoms with Gasteiger partial charge in [0.2, 0.25) is 18.0 Å². The normalized spacial score (nSPS) is 11.8. The van der Waals surface area contributed by atoms with E-state index in [4.69, 9.17) is 4.74 Å². The third-order valence-electron chi connectivity index (χ3n) is 2.86. The highest BCUT2D eigenvalue weighted by Gasteiger charge is 2.13. The average Bonchev–Trinajstić information content (AvgIpc) is 2.36. The minimum absolute atomic E-state index is 0.328. The van der Waals surface area contributed by atoms with Crippen molar-refractivity contribution < 1.29 is 14.5 Å². The standard InChI is InChI=1S/C14H16N2O2/c1-4-18-14(17)15-16-9-10(2)12-7-5-6-8-13(12)11(16)3/h5-9H,4H2,1-3H3. The molecule has 0 fully saturated rings. The van der Waals surface area contributed by atoms with Crippen molar-refractivity contribution in [2.75, 3.05) is 6.61 Å². The molecule has 0 bridgehead atoms. The number of fused-ring (bicyclic) bond motifs is 1. The fourth-order valence-corrected chi connectivity index (χ4v) is 1.96. The summed E-state index contributed by atoms with van der Waals surface area (Å²) >= 11 is 0. The lowest BCUT2D eigenvalue weighted by Crippen LogP contribution is -2.37. The van der Waals surface area contributed by atoms with Crippen molar-refractivity contribution in [2.24, 2.45) is 5.10 Å². The maximum atomic E-state index is 11.4. The van der Waals surface area contributed by atoms with Crippen LogP contribution in [0.4, 0.5) is 0 Å². The van der Waals surface area contributed by atoms with Gasteiger partial charge in [0.1, 0.15) is 0 Å². The minimum Gasteiger partial charge on any atom is -0.596 e. The molecular weight excluding hydrogens is 228 g/mol. The van der Waals surface area contributed by atoms with Gasteiger partial charge in [-0.15, -0.1) is 0 Å². The molecule has 2 aromatic rings. The molecule has 1 heterocycles. The van der Waals surface area contributed by atoms with E-state index in [1.54, 1.807) is 11.6 Å². The van der Waals surface area contributed by atoms with Crippen molar-refractivity contribution in [3.05, 3.63) is 41.7 Å². The van der Waals surface area contributed by atoms with Crippen LogP contribution < -0.4 is 9.78 Å². The van der Waals surface area contributed by atoms with E-state index in [1.807, 2.05) is 38.2 Å². The van der Waals surface area contributed by atoms with Gasteiger partial charge in [0.15, 0.2) is 0 Å². The Morgan fingerprint density at radius 2 is 1.94 bits per heavy atom. The minimum atomic E-state index is -0.569. The van der Waals surface area contributed by atoms with Crippen LogP contribution in [0, 0.1) is 13.8 Å². The quantitative estimate of drug-likeness (QED) is 0.453. The molecular formula is C14H16N2O2. The Morgan fingerprint density at radius 3 is 2.61 bits per heavy atom. The molecule has 0 aliphatic carbocycles. The molecule has 0 saturated carbocycles. The van der Waals surface area contributed by atoms with E-state index in [0.29, 0.717) is 6.61 Å². The number of nitrogens with zero attached hydrogens (tertiary/aromatic N) is 2. The highest BCUT2D eigenvalue weighted by atomic mass is 16.6. The van der Waals surface area contributed by atoms with Crippen LogP contribution in [0.15, 0.2) is 35.6 Å². The van der Waals surface area contributed by atoms with E-state index in [1.165, 1.54) is 5.39 Å². The van der Waals surface area contributed by atoms with Crippen molar-refractivity contribution in [1.82, 2.24) is 0 Å². The van der Waals surface area contributed by atoms with Crippen LogP contribution >= 0.6 is 0 Å². The zero-order valence-electron chi connectivity index (χ0n) is 10.8. The summed E-state index contributed by atoms with van der Waals surface area (Å²) < 4.78 is 6.41. The summed E-state index contributed by atoms with van der Waals surface area (Å²) in [5.41, 5.74) is 1.99. The second-order valence-corrected chi connectivity index (χ2v) is 4.09. The molecule has 4 nitrogen and oxygen atoms in total. The first-order valence-corrected chi connectivity index (χ1v) is 5.93. The lowest BCUT2D eigenvalue weighted by atomic mass is 10.1. The average molecular weight is 244 g/mol. The van der Waals surface area contributed by atoms with Crippen LogP contribution in [0.3, 0.4) is 0 Å². The third-order valence-corrected chi connectivity index (χ3v) is 2.86. The Morgan fingerprint density at radius 1 is 1.28 bits per heavy atom. The van der Waals surface area contributed by atoms with Crippen LogP contribution in [0.2, 0.25) is 0 Å². The van der Waals surface area contributed by atoms with Gasteiger partial charge in [-0.05, 0) is 25.0 Å². The van der Waals surface area contributed by atoms with Crippen molar-refractivity contribution >= 4 is 16.9 Å². The smallest absolute Gasteiger partial charge is 0.222 e. The summed E-state index contributed by atoms with van der Waals surface area (Å²) in [5.74, 6) is 0. The number of pyridine rings is 1. The molecule has 1 aromatic heterocycles. The van der Waals surface area contributed by atoms with E-state index < -0.39 is 6.08 Å². The number of hydrogen-bond acceptors (Lipinski definition) is 3. The Labute approximate surface area is 106 Å². The summed E-state index contributed by atoms with van der Waals surface area (Å²) in [6.45, 7) is 6.02. The molecule has 0 spiro atoms. The molecule has 0 atom stereocenters. The maximum absolute atomic E-state index is 11.4. The van der Waals surface area contributed by atoms with Crippen molar-refractivity contribution in [1.29, 1.82) is 0 Å². The molecule has 18 heavy (non-hydrogen) atoms. The third kappa shape index (κ3) is 2.27. The van der Waals surface area contributed by atoms with Gasteiger partial charge in [0.25, 0.3) is 0 Å². The highest BCUT2D eigenvalue weighted by molar-refractivity contribution is 5.86. The van der Waals surface area contributed by atoms with Gasteiger partial charge in [0, 0.05) is 17.6 Å². The molecule has 0 radical (unpaired) electrons. The second-order valence-electron chi connectivity index (χ2n) is 4.09. The zero-order valence-corrected chi connectivity index (χ0v) is 10.8. The van der Waals surface area contributed by atoms with Gasteiger partial charge in [-0.1, -0.05) is 29.8 Å². The number of benzene rings is 1. The first-order valence-electron chi connectivity index (χ1n) is 5.93. The topological polar surface area (TPSA) is 48.5 Å². The summed E-state index contributed by atoms with van der Waals surface area (Å²) in [5, 5.41) is 17.6. The Bertz CT molecular complexity index is 606. The first kappa shape index (κ1) is 12.4. The van der Waals surface area contributed by atoms with Gasteiger partial charge < -0.3 is 9.84 Å². The summed E-state index contributed by atoms with van der Waals surface area (Å²) in [6.07, 6.45) is 1.27. The lowest BCUT2D eigenvalue weighted by Gasteiger charge is -2.08. The van der Waals surface area contributed by atoms with Gasteiger partial charge in [0.05, 0.1) is 5.39 Å². The van der Waals surface area contributed by atoms with Crippen LogP contribution in [0.1, 0.15) is 18.2 Å². The molecule has 2 rings (SSSR count). The highest BCUT2D eigenvalue weighted by Crippen LogP contribution is 2.18. The van der Waals surface area contributed by atoms with E-state index in [0.717, 1.165) is 16.6 Å². The van der Waals surface area contributed by atoms with E-state index in [-0.39, 0.29) is 0 Å². The van der Waals surface area contributed by atoms with Crippen LogP contribution in [-0.2, 0) is 4.74 Å². The van der Waals surface area contributed by atoms with Gasteiger partial charge >= 0.3 is 0 Å². The van der Waals surface area contributed by atoms with E-state index in [9.17, 15) is 5.11 Å².